The third-order valence-corrected chi connectivity index (χ3v) is 5.30. The largest absolute Gasteiger partial charge is 0.472 e. The van der Waals surface area contributed by atoms with Crippen molar-refractivity contribution < 1.29 is 9.53 Å². The van der Waals surface area contributed by atoms with Crippen LogP contribution in [0.2, 0.25) is 0 Å². The molecule has 0 spiro atoms. The Hall–Kier alpha value is -2.12. The number of nitrogens with one attached hydrogen (secondary N) is 1. The first-order valence-corrected chi connectivity index (χ1v) is 9.34. The van der Waals surface area contributed by atoms with Crippen molar-refractivity contribution in [1.82, 2.24) is 15.2 Å². The van der Waals surface area contributed by atoms with Crippen molar-refractivity contribution in [2.75, 3.05) is 50.7 Å². The highest BCUT2D eigenvalue weighted by atomic mass is 35.5. The molecule has 0 aliphatic carbocycles. The van der Waals surface area contributed by atoms with Crippen LogP contribution < -0.4 is 15.0 Å². The Bertz CT molecular complexity index is 745. The molecule has 1 N–H and O–H groups in total. The second-order valence-corrected chi connectivity index (χ2v) is 7.03. The number of pyridine rings is 1. The summed E-state index contributed by atoms with van der Waals surface area (Å²) in [5.41, 5.74) is 1.85. The SMILES string of the molecule is O=C1CN=CC(N2CC[C@@H](Oc3cc(N4CCNCC4)ccn3)C2)=C1Cl. The molecule has 0 amide bonds. The number of aliphatic imine (C=N–C) groups is 1. The van der Waals surface area contributed by atoms with Crippen LogP contribution in [0, 0.1) is 0 Å². The number of likely N-dealkylation sites (tertiary alicyclic amines) is 1. The van der Waals surface area contributed by atoms with Gasteiger partial charge in [0, 0.05) is 63.3 Å². The van der Waals surface area contributed by atoms with Crippen LogP contribution in [0.3, 0.4) is 0 Å². The van der Waals surface area contributed by atoms with Crippen molar-refractivity contribution in [3.8, 4) is 5.88 Å². The highest BCUT2D eigenvalue weighted by Crippen LogP contribution is 2.26. The van der Waals surface area contributed by atoms with E-state index >= 15 is 0 Å². The molecule has 4 heterocycles. The number of aromatic nitrogens is 1. The molecule has 0 bridgehead atoms. The molecular formula is C18H22ClN5O2. The molecule has 3 aliphatic rings. The zero-order valence-corrected chi connectivity index (χ0v) is 15.3. The predicted octanol–water partition coefficient (Wildman–Crippen LogP) is 1.05. The number of carbonyl (C=O) groups is 1. The maximum absolute atomic E-state index is 11.7. The average Bonchev–Trinajstić information content (AvgIpc) is 3.13. The molecule has 1 atom stereocenters. The lowest BCUT2D eigenvalue weighted by atomic mass is 10.2. The maximum atomic E-state index is 11.7. The molecule has 2 saturated heterocycles. The molecular weight excluding hydrogens is 354 g/mol. The van der Waals surface area contributed by atoms with E-state index in [-0.39, 0.29) is 23.5 Å². The van der Waals surface area contributed by atoms with Gasteiger partial charge in [-0.05, 0) is 6.07 Å². The molecule has 1 aromatic rings. The average molecular weight is 376 g/mol. The molecule has 1 aromatic heterocycles. The van der Waals surface area contributed by atoms with Gasteiger partial charge in [0.1, 0.15) is 17.7 Å². The molecule has 4 rings (SSSR count). The van der Waals surface area contributed by atoms with Crippen LogP contribution in [0.25, 0.3) is 0 Å². The van der Waals surface area contributed by atoms with E-state index in [0.717, 1.165) is 44.8 Å². The smallest absolute Gasteiger partial charge is 0.215 e. The first-order chi connectivity index (χ1) is 12.7. The van der Waals surface area contributed by atoms with Crippen LogP contribution in [-0.4, -0.2) is 73.8 Å². The number of carbonyl (C=O) groups excluding carboxylic acids is 1. The highest BCUT2D eigenvalue weighted by molar-refractivity contribution is 6.44. The van der Waals surface area contributed by atoms with Crippen LogP contribution in [-0.2, 0) is 4.79 Å². The number of piperazine rings is 1. The second-order valence-electron chi connectivity index (χ2n) is 6.66. The third-order valence-electron chi connectivity index (χ3n) is 4.89. The molecule has 138 valence electrons. The summed E-state index contributed by atoms with van der Waals surface area (Å²) in [6, 6.07) is 4.03. The van der Waals surface area contributed by atoms with E-state index in [2.05, 4.69) is 25.1 Å². The van der Waals surface area contributed by atoms with E-state index in [4.69, 9.17) is 16.3 Å². The van der Waals surface area contributed by atoms with Crippen molar-refractivity contribution in [3.63, 3.8) is 0 Å². The minimum absolute atomic E-state index is 0.0168. The summed E-state index contributed by atoms with van der Waals surface area (Å²) in [4.78, 5) is 24.6. The fraction of sp³-hybridized carbons (Fsp3) is 0.500. The molecule has 7 nitrogen and oxygen atoms in total. The number of hydrogen-bond acceptors (Lipinski definition) is 7. The normalized spacial score (nSPS) is 23.7. The van der Waals surface area contributed by atoms with Gasteiger partial charge in [0.15, 0.2) is 5.78 Å². The molecule has 26 heavy (non-hydrogen) atoms. The monoisotopic (exact) mass is 375 g/mol. The van der Waals surface area contributed by atoms with E-state index in [0.29, 0.717) is 18.1 Å². The molecule has 0 unspecified atom stereocenters. The summed E-state index contributed by atoms with van der Waals surface area (Å²) in [5.74, 6) is 0.514. The Morgan fingerprint density at radius 3 is 2.92 bits per heavy atom. The lowest BCUT2D eigenvalue weighted by Crippen LogP contribution is -2.43. The van der Waals surface area contributed by atoms with Crippen LogP contribution in [0.4, 0.5) is 5.69 Å². The van der Waals surface area contributed by atoms with Gasteiger partial charge >= 0.3 is 0 Å². The van der Waals surface area contributed by atoms with Gasteiger partial charge in [-0.2, -0.15) is 0 Å². The Kier molecular flexibility index (Phi) is 5.08. The summed E-state index contributed by atoms with van der Waals surface area (Å²) >= 11 is 6.16. The molecule has 3 aliphatic heterocycles. The van der Waals surface area contributed by atoms with Crippen molar-refractivity contribution in [2.45, 2.75) is 12.5 Å². The van der Waals surface area contributed by atoms with Gasteiger partial charge in [0.05, 0.1) is 12.2 Å². The number of Topliss-reactive ketones (excluding diaryl/α,β-unsaturated/α-hetero) is 1. The number of ketones is 1. The van der Waals surface area contributed by atoms with Gasteiger partial charge < -0.3 is 19.9 Å². The quantitative estimate of drug-likeness (QED) is 0.848. The summed E-state index contributed by atoms with van der Waals surface area (Å²) < 4.78 is 6.10. The number of nitrogens with zero attached hydrogens (tertiary/aromatic N) is 4. The number of dihydropyridines is 1. The molecule has 2 fully saturated rings. The van der Waals surface area contributed by atoms with Crippen LogP contribution in [0.5, 0.6) is 5.88 Å². The Balaban J connectivity index is 1.40. The maximum Gasteiger partial charge on any atom is 0.215 e. The van der Waals surface area contributed by atoms with E-state index in [1.165, 1.54) is 0 Å². The fourth-order valence-corrected chi connectivity index (χ4v) is 3.73. The number of hydrogen-bond donors (Lipinski definition) is 1. The van der Waals surface area contributed by atoms with Crippen LogP contribution in [0.1, 0.15) is 6.42 Å². The lowest BCUT2D eigenvalue weighted by molar-refractivity contribution is -0.113. The van der Waals surface area contributed by atoms with Crippen LogP contribution >= 0.6 is 11.6 Å². The van der Waals surface area contributed by atoms with Crippen molar-refractivity contribution >= 4 is 29.3 Å². The van der Waals surface area contributed by atoms with Gasteiger partial charge in [-0.3, -0.25) is 9.79 Å². The van der Waals surface area contributed by atoms with E-state index in [9.17, 15) is 4.79 Å². The van der Waals surface area contributed by atoms with Crippen LogP contribution in [0.15, 0.2) is 34.1 Å². The molecule has 0 saturated carbocycles. The molecule has 0 aromatic carbocycles. The Morgan fingerprint density at radius 1 is 1.23 bits per heavy atom. The highest BCUT2D eigenvalue weighted by Gasteiger charge is 2.29. The van der Waals surface area contributed by atoms with Gasteiger partial charge in [0.25, 0.3) is 0 Å². The lowest BCUT2D eigenvalue weighted by Gasteiger charge is -2.29. The van der Waals surface area contributed by atoms with Crippen molar-refractivity contribution in [1.29, 1.82) is 0 Å². The van der Waals surface area contributed by atoms with Crippen molar-refractivity contribution in [3.05, 3.63) is 29.1 Å². The number of allylic oxidation sites excluding steroid dienone is 1. The predicted molar refractivity (Wildman–Crippen MR) is 101 cm³/mol. The number of halogens is 1. The van der Waals surface area contributed by atoms with Gasteiger partial charge in [-0.25, -0.2) is 4.98 Å². The zero-order valence-electron chi connectivity index (χ0n) is 14.5. The zero-order chi connectivity index (χ0) is 17.9. The minimum atomic E-state index is -0.126. The number of rotatable bonds is 4. The van der Waals surface area contributed by atoms with Crippen molar-refractivity contribution in [2.24, 2.45) is 4.99 Å². The first kappa shape index (κ1) is 17.3. The first-order valence-electron chi connectivity index (χ1n) is 8.97. The summed E-state index contributed by atoms with van der Waals surface area (Å²) in [5, 5.41) is 3.63. The van der Waals surface area contributed by atoms with Gasteiger partial charge in [0.2, 0.25) is 5.88 Å². The topological polar surface area (TPSA) is 70.1 Å². The molecule has 0 radical (unpaired) electrons. The molecule has 8 heteroatoms. The van der Waals surface area contributed by atoms with E-state index < -0.39 is 0 Å². The van der Waals surface area contributed by atoms with Gasteiger partial charge in [-0.1, -0.05) is 11.6 Å². The van der Waals surface area contributed by atoms with Gasteiger partial charge in [-0.15, -0.1) is 0 Å². The second kappa shape index (κ2) is 7.63. The summed E-state index contributed by atoms with van der Waals surface area (Å²) in [7, 11) is 0. The standard InChI is InChI=1S/C18H22ClN5O2/c19-18-15(10-21-11-16(18)25)24-6-2-14(12-24)26-17-9-13(1-3-22-17)23-7-4-20-5-8-23/h1,3,9-10,14,20H,2,4-8,11-12H2/t14-/m1/s1. The minimum Gasteiger partial charge on any atom is -0.472 e. The van der Waals surface area contributed by atoms with E-state index in [1.54, 1.807) is 12.4 Å². The van der Waals surface area contributed by atoms with E-state index in [1.807, 2.05) is 12.1 Å². The Labute approximate surface area is 157 Å². The Morgan fingerprint density at radius 2 is 2.08 bits per heavy atom. The third kappa shape index (κ3) is 3.68. The number of anilines is 1. The summed E-state index contributed by atoms with van der Waals surface area (Å²) in [6.45, 7) is 5.55. The number of ether oxygens (including phenoxy) is 1. The fourth-order valence-electron chi connectivity index (χ4n) is 3.50. The summed E-state index contributed by atoms with van der Waals surface area (Å²) in [6.07, 6.45) is 4.36.